The molecule has 0 bridgehead atoms. The van der Waals surface area contributed by atoms with E-state index < -0.39 is 17.9 Å². The number of aromatic nitrogens is 2. The molecule has 1 unspecified atom stereocenters. The van der Waals surface area contributed by atoms with Crippen LogP contribution in [0.25, 0.3) is 11.1 Å². The Morgan fingerprint density at radius 3 is 2.42 bits per heavy atom. The molecule has 0 fully saturated rings. The lowest BCUT2D eigenvalue weighted by atomic mass is 9.95. The van der Waals surface area contributed by atoms with Crippen molar-refractivity contribution in [3.8, 4) is 11.1 Å². The molecule has 0 aliphatic carbocycles. The lowest BCUT2D eigenvalue weighted by Gasteiger charge is -2.22. The Balaban J connectivity index is 1.43. The molecule has 0 saturated heterocycles. The van der Waals surface area contributed by atoms with Crippen molar-refractivity contribution in [2.75, 3.05) is 17.3 Å². The summed E-state index contributed by atoms with van der Waals surface area (Å²) in [6.07, 6.45) is 0. The molecule has 0 spiro atoms. The zero-order valence-electron chi connectivity index (χ0n) is 18.9. The molecule has 1 aliphatic heterocycles. The molecule has 36 heavy (non-hydrogen) atoms. The number of halogens is 2. The van der Waals surface area contributed by atoms with Gasteiger partial charge in [-0.15, -0.1) is 0 Å². The largest absolute Gasteiger partial charge is 0.335 e. The van der Waals surface area contributed by atoms with Crippen LogP contribution in [0.3, 0.4) is 0 Å². The summed E-state index contributed by atoms with van der Waals surface area (Å²) in [5, 5.41) is 12.4. The number of hydrogen-bond donors (Lipinski definition) is 3. The second-order valence-electron chi connectivity index (χ2n) is 8.10. The highest BCUT2D eigenvalue weighted by Crippen LogP contribution is 2.39. The zero-order chi connectivity index (χ0) is 25.4. The number of fused-ring (bicyclic) bond motifs is 3. The third-order valence-corrected chi connectivity index (χ3v) is 7.07. The quantitative estimate of drug-likeness (QED) is 0.317. The van der Waals surface area contributed by atoms with Gasteiger partial charge in [0.2, 0.25) is 0 Å². The highest BCUT2D eigenvalue weighted by Gasteiger charge is 2.34. The number of hydrogen-bond acceptors (Lipinski definition) is 4. The van der Waals surface area contributed by atoms with E-state index >= 15 is 0 Å². The summed E-state index contributed by atoms with van der Waals surface area (Å²) in [6.45, 7) is 0. The van der Waals surface area contributed by atoms with E-state index in [1.54, 1.807) is 31.3 Å². The van der Waals surface area contributed by atoms with Gasteiger partial charge in [0.1, 0.15) is 11.7 Å². The van der Waals surface area contributed by atoms with Crippen molar-refractivity contribution in [2.45, 2.75) is 6.04 Å². The van der Waals surface area contributed by atoms with Crippen LogP contribution in [-0.4, -0.2) is 35.0 Å². The number of amides is 3. The minimum Gasteiger partial charge on any atom is -0.335 e. The number of H-pyrrole nitrogens is 1. The van der Waals surface area contributed by atoms with Crippen LogP contribution >= 0.6 is 27.5 Å². The predicted octanol–water partition coefficient (Wildman–Crippen LogP) is 5.19. The van der Waals surface area contributed by atoms with Crippen molar-refractivity contribution < 1.29 is 14.4 Å². The number of aromatic amines is 1. The maximum absolute atomic E-state index is 13.5. The normalized spacial score (nSPS) is 14.5. The lowest BCUT2D eigenvalue weighted by Crippen LogP contribution is -2.41. The van der Waals surface area contributed by atoms with Crippen LogP contribution in [0.5, 0.6) is 0 Å². The van der Waals surface area contributed by atoms with E-state index in [2.05, 4.69) is 36.8 Å². The van der Waals surface area contributed by atoms with E-state index in [0.29, 0.717) is 5.56 Å². The summed E-state index contributed by atoms with van der Waals surface area (Å²) in [4.78, 5) is 40.9. The number of carbonyl (C=O) groups excluding carboxylic acids is 3. The molecule has 2 heterocycles. The smallest absolute Gasteiger partial charge is 0.271 e. The summed E-state index contributed by atoms with van der Waals surface area (Å²) in [6, 6.07) is 20.7. The molecule has 10 heteroatoms. The van der Waals surface area contributed by atoms with Crippen LogP contribution in [-0.2, 0) is 4.79 Å². The Bertz CT molecular complexity index is 1520. The van der Waals surface area contributed by atoms with Gasteiger partial charge in [0, 0.05) is 12.6 Å². The first kappa shape index (κ1) is 23.8. The summed E-state index contributed by atoms with van der Waals surface area (Å²) in [5.74, 6) is -1.22. The number of anilines is 2. The maximum Gasteiger partial charge on any atom is 0.271 e. The fourth-order valence-electron chi connectivity index (χ4n) is 4.16. The van der Waals surface area contributed by atoms with Gasteiger partial charge >= 0.3 is 0 Å². The first-order valence-corrected chi connectivity index (χ1v) is 12.1. The minimum atomic E-state index is -0.942. The number of carbonyl (C=O) groups is 3. The van der Waals surface area contributed by atoms with E-state index in [-0.39, 0.29) is 32.5 Å². The van der Waals surface area contributed by atoms with Gasteiger partial charge in [0.15, 0.2) is 5.82 Å². The predicted molar refractivity (Wildman–Crippen MR) is 141 cm³/mol. The van der Waals surface area contributed by atoms with Gasteiger partial charge in [-0.1, -0.05) is 66.2 Å². The van der Waals surface area contributed by atoms with E-state index in [0.717, 1.165) is 16.8 Å². The average molecular weight is 565 g/mol. The molecule has 4 aromatic rings. The minimum absolute atomic E-state index is 0.0548. The van der Waals surface area contributed by atoms with Crippen LogP contribution in [0.15, 0.2) is 77.3 Å². The molecule has 180 valence electrons. The molecule has 1 atom stereocenters. The van der Waals surface area contributed by atoms with Crippen molar-refractivity contribution in [3.63, 3.8) is 0 Å². The Morgan fingerprint density at radius 1 is 0.972 bits per heavy atom. The Morgan fingerprint density at radius 2 is 1.64 bits per heavy atom. The molecule has 1 aromatic heterocycles. The summed E-state index contributed by atoms with van der Waals surface area (Å²) in [5.41, 5.74) is 3.50. The highest BCUT2D eigenvalue weighted by molar-refractivity contribution is 9.10. The summed E-state index contributed by atoms with van der Waals surface area (Å²) in [7, 11) is 1.68. The summed E-state index contributed by atoms with van der Waals surface area (Å²) >= 11 is 9.44. The van der Waals surface area contributed by atoms with Crippen molar-refractivity contribution in [3.05, 3.63) is 99.1 Å². The third-order valence-electron chi connectivity index (χ3n) is 5.96. The van der Waals surface area contributed by atoms with Gasteiger partial charge in [-0.3, -0.25) is 19.5 Å². The van der Waals surface area contributed by atoms with E-state index in [9.17, 15) is 14.4 Å². The molecule has 8 nitrogen and oxygen atoms in total. The third kappa shape index (κ3) is 4.16. The topological polar surface area (TPSA) is 107 Å². The van der Waals surface area contributed by atoms with Crippen LogP contribution in [0.4, 0.5) is 11.5 Å². The van der Waals surface area contributed by atoms with Gasteiger partial charge in [-0.2, -0.15) is 5.10 Å². The second kappa shape index (κ2) is 9.60. The highest BCUT2D eigenvalue weighted by atomic mass is 79.9. The Kier molecular flexibility index (Phi) is 6.34. The molecule has 0 radical (unpaired) electrons. The van der Waals surface area contributed by atoms with E-state index in [4.69, 9.17) is 11.6 Å². The maximum atomic E-state index is 13.5. The van der Waals surface area contributed by atoms with Crippen molar-refractivity contribution >= 4 is 56.8 Å². The number of benzene rings is 3. The number of rotatable bonds is 4. The lowest BCUT2D eigenvalue weighted by molar-refractivity contribution is -0.120. The summed E-state index contributed by atoms with van der Waals surface area (Å²) < 4.78 is 0.242. The molecule has 0 saturated carbocycles. The molecular weight excluding hydrogens is 546 g/mol. The van der Waals surface area contributed by atoms with Gasteiger partial charge < -0.3 is 15.5 Å². The number of nitrogens with one attached hydrogen (secondary N) is 3. The number of likely N-dealkylation sites (N-methyl/N-ethyl adjacent to an activating group) is 1. The van der Waals surface area contributed by atoms with Crippen LogP contribution in [0.1, 0.15) is 32.5 Å². The van der Waals surface area contributed by atoms with Gasteiger partial charge in [-0.05, 0) is 45.3 Å². The van der Waals surface area contributed by atoms with Gasteiger partial charge in [0.25, 0.3) is 17.7 Å². The molecule has 5 rings (SSSR count). The van der Waals surface area contributed by atoms with Crippen LogP contribution < -0.4 is 15.5 Å². The van der Waals surface area contributed by atoms with Crippen molar-refractivity contribution in [1.29, 1.82) is 0 Å². The monoisotopic (exact) mass is 563 g/mol. The Labute approximate surface area is 219 Å². The van der Waals surface area contributed by atoms with E-state index in [1.807, 2.05) is 48.5 Å². The molecule has 3 amide bonds. The van der Waals surface area contributed by atoms with Crippen molar-refractivity contribution in [2.24, 2.45) is 0 Å². The van der Waals surface area contributed by atoms with Crippen molar-refractivity contribution in [1.82, 2.24) is 15.5 Å². The van der Waals surface area contributed by atoms with Gasteiger partial charge in [0.05, 0.1) is 20.7 Å². The first-order valence-electron chi connectivity index (χ1n) is 10.9. The van der Waals surface area contributed by atoms with Gasteiger partial charge in [-0.25, -0.2) is 0 Å². The molecule has 3 N–H and O–H groups in total. The molecule has 1 aliphatic rings. The van der Waals surface area contributed by atoms with E-state index in [1.165, 1.54) is 4.90 Å². The zero-order valence-corrected chi connectivity index (χ0v) is 21.2. The fraction of sp³-hybridized carbons (Fsp3) is 0.0769. The Hall–Kier alpha value is -3.95. The SMILES string of the molecule is CN1C(=O)C(NC(=O)c2[nH]nc(NC(=O)c3ccccc3Cl)c2Br)c2ccccc2-c2ccccc21. The standard InChI is InChI=1S/C26H19BrClN5O3/c1-33-19-13-7-5-9-15(19)14-8-2-3-10-16(14)21(26(33)36)29-25(35)22-20(27)23(32-31-22)30-24(34)17-11-4-6-12-18(17)28/h2-13,21H,1H3,(H,29,35)(H2,30,31,32,34). The van der Waals surface area contributed by atoms with Crippen LogP contribution in [0.2, 0.25) is 5.02 Å². The number of nitrogens with zero attached hydrogens (tertiary/aromatic N) is 2. The fourth-order valence-corrected chi connectivity index (χ4v) is 4.84. The van der Waals surface area contributed by atoms with Crippen LogP contribution in [0, 0.1) is 0 Å². The average Bonchev–Trinajstić information content (AvgIpc) is 3.22. The first-order chi connectivity index (χ1) is 17.4. The molecular formula is C26H19BrClN5O3. The molecule has 3 aromatic carbocycles. The second-order valence-corrected chi connectivity index (χ2v) is 9.30. The number of para-hydroxylation sites is 1.